The van der Waals surface area contributed by atoms with Gasteiger partial charge in [-0.3, -0.25) is 10.1 Å². The van der Waals surface area contributed by atoms with Crippen LogP contribution in [0, 0.1) is 0 Å². The minimum Gasteiger partial charge on any atom is -0.497 e. The number of hydrogen-bond donors (Lipinski definition) is 1. The quantitative estimate of drug-likeness (QED) is 0.719. The Bertz CT molecular complexity index is 973. The van der Waals surface area contributed by atoms with Crippen LogP contribution in [0.3, 0.4) is 0 Å². The molecule has 1 aromatic heterocycles. The van der Waals surface area contributed by atoms with Crippen LogP contribution in [0.25, 0.3) is 0 Å². The van der Waals surface area contributed by atoms with E-state index in [0.29, 0.717) is 40.4 Å². The number of amides is 1. The highest BCUT2D eigenvalue weighted by Crippen LogP contribution is 2.31. The molecule has 0 bridgehead atoms. The van der Waals surface area contributed by atoms with Crippen molar-refractivity contribution in [3.05, 3.63) is 38.8 Å². The molecule has 0 aliphatic carbocycles. The van der Waals surface area contributed by atoms with E-state index in [4.69, 9.17) is 4.74 Å². The average Bonchev–Trinajstić information content (AvgIpc) is 3.03. The summed E-state index contributed by atoms with van der Waals surface area (Å²) in [5.41, 5.74) is 1.28. The Labute approximate surface area is 170 Å². The Hall–Kier alpha value is -1.49. The lowest BCUT2D eigenvalue weighted by Gasteiger charge is -2.26. The Morgan fingerprint density at radius 1 is 1.41 bits per heavy atom. The molecule has 146 valence electrons. The van der Waals surface area contributed by atoms with Crippen LogP contribution in [0.15, 0.2) is 22.7 Å². The van der Waals surface area contributed by atoms with Gasteiger partial charge in [-0.05, 0) is 48.0 Å². The third-order valence-electron chi connectivity index (χ3n) is 4.29. The van der Waals surface area contributed by atoms with Crippen molar-refractivity contribution in [1.29, 1.82) is 0 Å². The van der Waals surface area contributed by atoms with E-state index in [-0.39, 0.29) is 5.91 Å². The fourth-order valence-electron chi connectivity index (χ4n) is 2.71. The summed E-state index contributed by atoms with van der Waals surface area (Å²) >= 11 is 4.68. The molecule has 1 N–H and O–H groups in total. The number of nitrogens with zero attached hydrogens (tertiary/aromatic N) is 2. The van der Waals surface area contributed by atoms with Gasteiger partial charge in [0.1, 0.15) is 5.75 Å². The molecule has 0 radical (unpaired) electrons. The molecule has 0 spiro atoms. The summed E-state index contributed by atoms with van der Waals surface area (Å²) < 4.78 is 32.1. The first kappa shape index (κ1) is 20.2. The zero-order chi connectivity index (χ0) is 19.8. The molecule has 0 fully saturated rings. The van der Waals surface area contributed by atoms with E-state index in [1.54, 1.807) is 32.0 Å². The number of nitrogens with one attached hydrogen (secondary N) is 1. The first-order valence-electron chi connectivity index (χ1n) is 8.34. The van der Waals surface area contributed by atoms with Crippen molar-refractivity contribution >= 4 is 48.3 Å². The fraction of sp³-hybridized carbons (Fsp3) is 0.412. The first-order chi connectivity index (χ1) is 12.7. The van der Waals surface area contributed by atoms with E-state index in [2.05, 4.69) is 26.2 Å². The number of fused-ring (bicyclic) bond motifs is 1. The molecular formula is C17H20BrN3O4S2. The lowest BCUT2D eigenvalue weighted by Crippen LogP contribution is -2.39. The van der Waals surface area contributed by atoms with Gasteiger partial charge in [0.05, 0.1) is 23.6 Å². The normalized spacial score (nSPS) is 14.9. The number of aromatic nitrogens is 1. The van der Waals surface area contributed by atoms with Crippen LogP contribution in [-0.2, 0) is 23.0 Å². The maximum Gasteiger partial charge on any atom is 0.258 e. The summed E-state index contributed by atoms with van der Waals surface area (Å²) in [6, 6.07) is 5.14. The number of halogens is 1. The van der Waals surface area contributed by atoms with E-state index >= 15 is 0 Å². The van der Waals surface area contributed by atoms with Gasteiger partial charge in [-0.25, -0.2) is 13.4 Å². The van der Waals surface area contributed by atoms with Crippen molar-refractivity contribution < 1.29 is 17.9 Å². The highest BCUT2D eigenvalue weighted by molar-refractivity contribution is 9.10. The second-order valence-electron chi connectivity index (χ2n) is 6.37. The summed E-state index contributed by atoms with van der Waals surface area (Å²) in [7, 11) is -1.77. The van der Waals surface area contributed by atoms with Gasteiger partial charge >= 0.3 is 0 Å². The number of thiazole rings is 1. The number of sulfonamides is 1. The van der Waals surface area contributed by atoms with Gasteiger partial charge in [-0.15, -0.1) is 11.3 Å². The molecule has 0 unspecified atom stereocenters. The number of ether oxygens (including phenoxy) is 1. The number of rotatable bonds is 5. The van der Waals surface area contributed by atoms with E-state index in [1.807, 2.05) is 0 Å². The standard InChI is InChI=1S/C17H20BrN3O4S2/c1-10(2)27(23,24)21-7-6-14-15(9-21)26-17(19-14)20-16(22)12-8-11(25-3)4-5-13(12)18/h4-5,8,10H,6-7,9H2,1-3H3,(H,19,20,22). The van der Waals surface area contributed by atoms with E-state index in [1.165, 1.54) is 22.8 Å². The van der Waals surface area contributed by atoms with Crippen LogP contribution in [0.5, 0.6) is 5.75 Å². The highest BCUT2D eigenvalue weighted by Gasteiger charge is 2.31. The number of hydrogen-bond acceptors (Lipinski definition) is 6. The molecule has 0 saturated heterocycles. The van der Waals surface area contributed by atoms with Crippen molar-refractivity contribution in [2.24, 2.45) is 0 Å². The fourth-order valence-corrected chi connectivity index (χ4v) is 5.49. The smallest absolute Gasteiger partial charge is 0.258 e. The number of benzene rings is 1. The SMILES string of the molecule is COc1ccc(Br)c(C(=O)Nc2nc3c(s2)CN(S(=O)(=O)C(C)C)CC3)c1. The molecule has 1 aliphatic heterocycles. The molecule has 1 amide bonds. The number of methoxy groups -OCH3 is 1. The predicted octanol–water partition coefficient (Wildman–Crippen LogP) is 3.26. The molecule has 7 nitrogen and oxygen atoms in total. The number of anilines is 1. The van der Waals surface area contributed by atoms with Crippen molar-refractivity contribution in [2.45, 2.75) is 32.1 Å². The summed E-state index contributed by atoms with van der Waals surface area (Å²) in [6.45, 7) is 4.06. The van der Waals surface area contributed by atoms with Gasteiger partial charge in [-0.1, -0.05) is 0 Å². The van der Waals surface area contributed by atoms with Gasteiger partial charge in [0.2, 0.25) is 10.0 Å². The largest absolute Gasteiger partial charge is 0.497 e. The summed E-state index contributed by atoms with van der Waals surface area (Å²) in [5, 5.41) is 2.80. The highest BCUT2D eigenvalue weighted by atomic mass is 79.9. The maximum atomic E-state index is 12.6. The zero-order valence-corrected chi connectivity index (χ0v) is 18.4. The Morgan fingerprint density at radius 3 is 2.81 bits per heavy atom. The van der Waals surface area contributed by atoms with Gasteiger partial charge in [0.25, 0.3) is 5.91 Å². The molecule has 2 aromatic rings. The first-order valence-corrected chi connectivity index (χ1v) is 11.5. The van der Waals surface area contributed by atoms with E-state index in [0.717, 1.165) is 10.6 Å². The minimum atomic E-state index is -3.31. The van der Waals surface area contributed by atoms with Gasteiger partial charge in [0.15, 0.2) is 5.13 Å². The van der Waals surface area contributed by atoms with Crippen molar-refractivity contribution in [2.75, 3.05) is 19.0 Å². The lowest BCUT2D eigenvalue weighted by molar-refractivity contribution is 0.102. The monoisotopic (exact) mass is 473 g/mol. The second-order valence-corrected chi connectivity index (χ2v) is 10.8. The van der Waals surface area contributed by atoms with Crippen molar-refractivity contribution in [3.8, 4) is 5.75 Å². The third-order valence-corrected chi connectivity index (χ3v) is 8.20. The zero-order valence-electron chi connectivity index (χ0n) is 15.2. The van der Waals surface area contributed by atoms with Crippen molar-refractivity contribution in [3.63, 3.8) is 0 Å². The van der Waals surface area contributed by atoms with Crippen LogP contribution in [0.1, 0.15) is 34.8 Å². The lowest BCUT2D eigenvalue weighted by atomic mass is 10.2. The van der Waals surface area contributed by atoms with Crippen LogP contribution in [0.2, 0.25) is 0 Å². The number of carbonyl (C=O) groups is 1. The molecule has 3 rings (SSSR count). The average molecular weight is 474 g/mol. The van der Waals surface area contributed by atoms with Crippen LogP contribution in [0.4, 0.5) is 5.13 Å². The predicted molar refractivity (Wildman–Crippen MR) is 109 cm³/mol. The topological polar surface area (TPSA) is 88.6 Å². The summed E-state index contributed by atoms with van der Waals surface area (Å²) in [4.78, 5) is 17.9. The van der Waals surface area contributed by atoms with Crippen LogP contribution >= 0.6 is 27.3 Å². The van der Waals surface area contributed by atoms with E-state index in [9.17, 15) is 13.2 Å². The molecule has 1 aromatic carbocycles. The Balaban J connectivity index is 1.78. The third kappa shape index (κ3) is 4.18. The molecule has 2 heterocycles. The molecular weight excluding hydrogens is 454 g/mol. The molecule has 10 heteroatoms. The second kappa shape index (κ2) is 7.86. The Morgan fingerprint density at radius 2 is 2.15 bits per heavy atom. The van der Waals surface area contributed by atoms with Crippen LogP contribution < -0.4 is 10.1 Å². The molecule has 1 aliphatic rings. The molecule has 27 heavy (non-hydrogen) atoms. The minimum absolute atomic E-state index is 0.298. The summed E-state index contributed by atoms with van der Waals surface area (Å²) in [6.07, 6.45) is 0.538. The number of carbonyl (C=O) groups excluding carboxylic acids is 1. The molecule has 0 saturated carbocycles. The van der Waals surface area contributed by atoms with Crippen LogP contribution in [-0.4, -0.2) is 42.5 Å². The Kier molecular flexibility index (Phi) is 5.90. The van der Waals surface area contributed by atoms with E-state index < -0.39 is 15.3 Å². The van der Waals surface area contributed by atoms with Crippen molar-refractivity contribution in [1.82, 2.24) is 9.29 Å². The molecule has 0 atom stereocenters. The summed E-state index contributed by atoms with van der Waals surface area (Å²) in [5.74, 6) is 0.273. The van der Waals surface area contributed by atoms with Gasteiger partial charge in [0, 0.05) is 28.9 Å². The van der Waals surface area contributed by atoms with Gasteiger partial charge < -0.3 is 4.74 Å². The maximum absolute atomic E-state index is 12.6. The van der Waals surface area contributed by atoms with Gasteiger partial charge in [-0.2, -0.15) is 4.31 Å².